The molecule has 0 bridgehead atoms. The lowest BCUT2D eigenvalue weighted by Gasteiger charge is -2.17. The number of hydrogen-bond donors (Lipinski definition) is 1. The van der Waals surface area contributed by atoms with Gasteiger partial charge in [0.1, 0.15) is 5.82 Å². The summed E-state index contributed by atoms with van der Waals surface area (Å²) in [7, 11) is 0. The van der Waals surface area contributed by atoms with Crippen LogP contribution in [0.25, 0.3) is 6.08 Å². The maximum absolute atomic E-state index is 13.7. The van der Waals surface area contributed by atoms with Crippen LogP contribution >= 0.6 is 15.9 Å². The number of rotatable bonds is 6. The monoisotopic (exact) mass is 417 g/mol. The van der Waals surface area contributed by atoms with Gasteiger partial charge in [-0.3, -0.25) is 4.79 Å². The van der Waals surface area contributed by atoms with Crippen LogP contribution in [0.5, 0.6) is 0 Å². The maximum Gasteiger partial charge on any atom is 0.331 e. The van der Waals surface area contributed by atoms with Crippen LogP contribution < -0.4 is 5.32 Å². The molecule has 1 amide bonds. The Hall–Kier alpha value is -2.47. The fraction of sp³-hybridized carbons (Fsp3) is 0.200. The molecule has 0 heterocycles. The van der Waals surface area contributed by atoms with Crippen molar-refractivity contribution in [3.8, 4) is 0 Å². The molecule has 1 N–H and O–H groups in total. The number of carbonyl (C=O) groups is 2. The predicted molar refractivity (Wildman–Crippen MR) is 99.6 cm³/mol. The molecule has 3 rings (SSSR count). The molecule has 2 aromatic rings. The number of carbonyl (C=O) groups excluding carboxylic acids is 2. The second kappa shape index (κ2) is 8.27. The molecule has 0 spiro atoms. The Labute approximate surface area is 159 Å². The molecule has 0 unspecified atom stereocenters. The highest BCUT2D eigenvalue weighted by Crippen LogP contribution is 2.23. The van der Waals surface area contributed by atoms with E-state index in [1.165, 1.54) is 12.1 Å². The lowest BCUT2D eigenvalue weighted by Crippen LogP contribution is -2.33. The van der Waals surface area contributed by atoms with Crippen LogP contribution in [0.4, 0.5) is 4.39 Å². The van der Waals surface area contributed by atoms with Gasteiger partial charge < -0.3 is 10.1 Å². The van der Waals surface area contributed by atoms with Crippen molar-refractivity contribution in [2.45, 2.75) is 25.0 Å². The minimum Gasteiger partial charge on any atom is -0.444 e. The molecular formula is C20H17BrFNO3. The van der Waals surface area contributed by atoms with Gasteiger partial charge in [-0.1, -0.05) is 46.3 Å². The van der Waals surface area contributed by atoms with Crippen LogP contribution in [-0.2, 0) is 14.3 Å². The molecular weight excluding hydrogens is 401 g/mol. The van der Waals surface area contributed by atoms with E-state index >= 15 is 0 Å². The minimum absolute atomic E-state index is 0.152. The zero-order chi connectivity index (χ0) is 18.5. The molecule has 1 aliphatic rings. The predicted octanol–water partition coefficient (Wildman–Crippen LogP) is 4.16. The van der Waals surface area contributed by atoms with Gasteiger partial charge in [0.05, 0.1) is 0 Å². The highest BCUT2D eigenvalue weighted by molar-refractivity contribution is 9.10. The third-order valence-corrected chi connectivity index (χ3v) is 4.35. The first-order valence-electron chi connectivity index (χ1n) is 8.22. The van der Waals surface area contributed by atoms with E-state index in [0.29, 0.717) is 10.0 Å². The van der Waals surface area contributed by atoms with E-state index in [2.05, 4.69) is 21.2 Å². The van der Waals surface area contributed by atoms with E-state index in [1.54, 1.807) is 36.4 Å². The molecule has 6 heteroatoms. The van der Waals surface area contributed by atoms with Crippen molar-refractivity contribution < 1.29 is 18.7 Å². The summed E-state index contributed by atoms with van der Waals surface area (Å²) in [6, 6.07) is 13.4. The molecule has 0 saturated heterocycles. The molecule has 1 fully saturated rings. The van der Waals surface area contributed by atoms with Gasteiger partial charge in [-0.15, -0.1) is 0 Å². The summed E-state index contributed by atoms with van der Waals surface area (Å²) < 4.78 is 19.8. The summed E-state index contributed by atoms with van der Waals surface area (Å²) >= 11 is 3.25. The van der Waals surface area contributed by atoms with E-state index in [9.17, 15) is 14.0 Å². The summed E-state index contributed by atoms with van der Waals surface area (Å²) in [4.78, 5) is 24.6. The van der Waals surface area contributed by atoms with Gasteiger partial charge in [-0.25, -0.2) is 9.18 Å². The number of ether oxygens (including phenoxy) is 1. The Balaban J connectivity index is 1.73. The lowest BCUT2D eigenvalue weighted by molar-refractivity contribution is -0.151. The first kappa shape index (κ1) is 18.3. The number of amides is 1. The second-order valence-corrected chi connectivity index (χ2v) is 6.93. The normalized spacial score (nSPS) is 14.8. The number of esters is 1. The Morgan fingerprint density at radius 1 is 1.19 bits per heavy atom. The number of hydrogen-bond acceptors (Lipinski definition) is 3. The molecule has 1 saturated carbocycles. The Morgan fingerprint density at radius 2 is 1.92 bits per heavy atom. The molecule has 0 aromatic heterocycles. The molecule has 1 atom stereocenters. The summed E-state index contributed by atoms with van der Waals surface area (Å²) in [6.07, 6.45) is 3.27. The van der Waals surface area contributed by atoms with E-state index in [1.807, 2.05) is 6.07 Å². The second-order valence-electron chi connectivity index (χ2n) is 6.01. The molecule has 1 aliphatic carbocycles. The van der Waals surface area contributed by atoms with E-state index in [0.717, 1.165) is 18.9 Å². The SMILES string of the molecule is O=C(/C=C/c1cc(Br)ccc1F)O[C@@H](C(=O)NC1CC1)c1ccccc1. The Kier molecular flexibility index (Phi) is 5.83. The van der Waals surface area contributed by atoms with Crippen LogP contribution in [0.1, 0.15) is 30.1 Å². The van der Waals surface area contributed by atoms with Gasteiger partial charge in [0.25, 0.3) is 5.91 Å². The average Bonchev–Trinajstić information content (AvgIpc) is 3.45. The van der Waals surface area contributed by atoms with Crippen molar-refractivity contribution in [1.29, 1.82) is 0 Å². The average molecular weight is 418 g/mol. The minimum atomic E-state index is -1.04. The zero-order valence-electron chi connectivity index (χ0n) is 13.8. The first-order chi connectivity index (χ1) is 12.5. The third kappa shape index (κ3) is 5.02. The van der Waals surface area contributed by atoms with Crippen LogP contribution in [0, 0.1) is 5.82 Å². The Bertz CT molecular complexity index is 834. The molecule has 26 heavy (non-hydrogen) atoms. The number of nitrogens with one attached hydrogen (secondary N) is 1. The third-order valence-electron chi connectivity index (χ3n) is 3.86. The molecule has 134 valence electrons. The summed E-state index contributed by atoms with van der Waals surface area (Å²) in [5.41, 5.74) is 0.830. The smallest absolute Gasteiger partial charge is 0.331 e. The van der Waals surface area contributed by atoms with Gasteiger partial charge in [-0.2, -0.15) is 0 Å². The summed E-state index contributed by atoms with van der Waals surface area (Å²) in [5.74, 6) is -1.53. The van der Waals surface area contributed by atoms with Crippen molar-refractivity contribution in [3.05, 3.63) is 76.0 Å². The van der Waals surface area contributed by atoms with E-state index in [-0.39, 0.29) is 17.5 Å². The topological polar surface area (TPSA) is 55.4 Å². The summed E-state index contributed by atoms with van der Waals surface area (Å²) in [6.45, 7) is 0. The highest BCUT2D eigenvalue weighted by Gasteiger charge is 2.30. The molecule has 4 nitrogen and oxygen atoms in total. The van der Waals surface area contributed by atoms with E-state index in [4.69, 9.17) is 4.74 Å². The fourth-order valence-corrected chi connectivity index (χ4v) is 2.74. The van der Waals surface area contributed by atoms with Gasteiger partial charge >= 0.3 is 5.97 Å². The van der Waals surface area contributed by atoms with Gasteiger partial charge in [0, 0.05) is 27.7 Å². The number of halogens is 2. The Morgan fingerprint density at radius 3 is 2.62 bits per heavy atom. The zero-order valence-corrected chi connectivity index (χ0v) is 15.4. The van der Waals surface area contributed by atoms with Crippen molar-refractivity contribution in [3.63, 3.8) is 0 Å². The van der Waals surface area contributed by atoms with Gasteiger partial charge in [0.2, 0.25) is 6.10 Å². The van der Waals surface area contributed by atoms with Crippen LogP contribution in [0.3, 0.4) is 0 Å². The van der Waals surface area contributed by atoms with Crippen molar-refractivity contribution in [2.75, 3.05) is 0 Å². The maximum atomic E-state index is 13.7. The van der Waals surface area contributed by atoms with Crippen molar-refractivity contribution >= 4 is 33.9 Å². The molecule has 2 aromatic carbocycles. The van der Waals surface area contributed by atoms with Crippen molar-refractivity contribution in [1.82, 2.24) is 5.32 Å². The summed E-state index contributed by atoms with van der Waals surface area (Å²) in [5, 5.41) is 2.84. The van der Waals surface area contributed by atoms with Crippen LogP contribution in [0.15, 0.2) is 59.1 Å². The first-order valence-corrected chi connectivity index (χ1v) is 9.01. The van der Waals surface area contributed by atoms with Crippen LogP contribution in [0.2, 0.25) is 0 Å². The molecule has 0 aliphatic heterocycles. The fourth-order valence-electron chi connectivity index (χ4n) is 2.36. The lowest BCUT2D eigenvalue weighted by atomic mass is 10.1. The van der Waals surface area contributed by atoms with Gasteiger partial charge in [0.15, 0.2) is 0 Å². The van der Waals surface area contributed by atoms with Crippen molar-refractivity contribution in [2.24, 2.45) is 0 Å². The number of benzene rings is 2. The van der Waals surface area contributed by atoms with Gasteiger partial charge in [-0.05, 0) is 37.1 Å². The standard InChI is InChI=1S/C20H17BrFNO3/c21-15-7-10-17(22)14(12-15)6-11-18(24)26-19(13-4-2-1-3-5-13)20(25)23-16-8-9-16/h1-7,10-12,16,19H,8-9H2,(H,23,25)/b11-6+/t19-/m1/s1. The largest absolute Gasteiger partial charge is 0.444 e. The van der Waals surface area contributed by atoms with E-state index < -0.39 is 17.9 Å². The van der Waals surface area contributed by atoms with Crippen LogP contribution in [-0.4, -0.2) is 17.9 Å². The quantitative estimate of drug-likeness (QED) is 0.566. The highest BCUT2D eigenvalue weighted by atomic mass is 79.9. The molecule has 0 radical (unpaired) electrons.